The Hall–Kier alpha value is -3.57. The fourth-order valence-electron chi connectivity index (χ4n) is 2.99. The van der Waals surface area contributed by atoms with Crippen molar-refractivity contribution >= 4 is 15.8 Å². The Labute approximate surface area is 197 Å². The third-order valence-corrected chi connectivity index (χ3v) is 6.10. The molecule has 0 unspecified atom stereocenters. The number of nitrogens with zero attached hydrogens (tertiary/aromatic N) is 1. The number of aromatic nitrogens is 2. The number of rotatable bonds is 9. The highest BCUT2D eigenvalue weighted by Crippen LogP contribution is 2.39. The van der Waals surface area contributed by atoms with Gasteiger partial charge in [-0.25, -0.2) is 13.2 Å². The molecule has 1 aromatic heterocycles. The summed E-state index contributed by atoms with van der Waals surface area (Å²) in [7, 11) is -2.68. The van der Waals surface area contributed by atoms with E-state index in [1.54, 1.807) is 36.4 Å². The topological polar surface area (TPSA) is 140 Å². The lowest BCUT2D eigenvalue weighted by Crippen LogP contribution is -2.21. The van der Waals surface area contributed by atoms with Crippen LogP contribution in [0, 0.1) is 0 Å². The van der Waals surface area contributed by atoms with E-state index in [0.717, 1.165) is 5.56 Å². The van der Waals surface area contributed by atoms with Crippen molar-refractivity contribution < 1.29 is 27.7 Å². The lowest BCUT2D eigenvalue weighted by Gasteiger charge is -2.19. The molecule has 1 heterocycles. The van der Waals surface area contributed by atoms with E-state index in [2.05, 4.69) is 14.7 Å². The normalized spacial score (nSPS) is 11.7. The summed E-state index contributed by atoms with van der Waals surface area (Å²) in [5.74, 6) is -0.216. The smallest absolute Gasteiger partial charge is 0.350 e. The molecule has 182 valence electrons. The quantitative estimate of drug-likeness (QED) is 0.417. The highest BCUT2D eigenvalue weighted by atomic mass is 32.2. The fourth-order valence-corrected chi connectivity index (χ4v) is 4.01. The molecule has 0 aliphatic heterocycles. The number of anilines is 1. The number of aromatic amines is 1. The molecular formula is C23H27N3O7S. The lowest BCUT2D eigenvalue weighted by molar-refractivity contribution is 0.192. The summed E-state index contributed by atoms with van der Waals surface area (Å²) in [6.07, 6.45) is 0. The average molecular weight is 490 g/mol. The summed E-state index contributed by atoms with van der Waals surface area (Å²) < 4.78 is 45.1. The molecule has 3 rings (SSSR count). The number of aliphatic hydroxyl groups is 1. The van der Waals surface area contributed by atoms with Crippen LogP contribution in [0.1, 0.15) is 26.3 Å². The fraction of sp³-hybridized carbons (Fsp3) is 0.304. The number of nitrogens with one attached hydrogen (secondary N) is 2. The Kier molecular flexibility index (Phi) is 7.48. The van der Waals surface area contributed by atoms with Crippen LogP contribution in [0.2, 0.25) is 0 Å². The van der Waals surface area contributed by atoms with E-state index in [9.17, 15) is 13.2 Å². The number of aliphatic hydroxyl groups excluding tert-OH is 1. The second kappa shape index (κ2) is 10.1. The molecule has 0 aliphatic carbocycles. The van der Waals surface area contributed by atoms with Gasteiger partial charge in [0.1, 0.15) is 6.61 Å². The number of hydrogen-bond acceptors (Lipinski definition) is 8. The largest absolute Gasteiger partial charge is 0.493 e. The van der Waals surface area contributed by atoms with Crippen LogP contribution < -0.4 is 24.6 Å². The van der Waals surface area contributed by atoms with Crippen LogP contribution in [-0.4, -0.2) is 43.8 Å². The predicted octanol–water partition coefficient (Wildman–Crippen LogP) is 3.04. The zero-order chi connectivity index (χ0) is 24.9. The van der Waals surface area contributed by atoms with Crippen molar-refractivity contribution in [2.45, 2.75) is 31.1 Å². The molecule has 2 aromatic carbocycles. The maximum Gasteiger partial charge on any atom is 0.350 e. The number of benzene rings is 2. The zero-order valence-electron chi connectivity index (χ0n) is 19.3. The van der Waals surface area contributed by atoms with Crippen LogP contribution in [0.5, 0.6) is 23.1 Å². The lowest BCUT2D eigenvalue weighted by atomic mass is 9.87. The van der Waals surface area contributed by atoms with Crippen LogP contribution in [0.3, 0.4) is 0 Å². The number of hydrogen-bond donors (Lipinski definition) is 3. The molecule has 34 heavy (non-hydrogen) atoms. The van der Waals surface area contributed by atoms with Gasteiger partial charge >= 0.3 is 5.69 Å². The number of ether oxygens (including phenoxy) is 3. The standard InChI is InChI=1S/C23H27N3O7S/c1-23(2,3)15-9-11-16(12-10-15)34(29,30)26-20-19(21(32-14-13-27)25-22(28)24-20)33-18-8-6-5-7-17(18)31-4/h5-12,27H,13-14H2,1-4H3,(H2,24,25,26,28). The molecule has 0 saturated heterocycles. The van der Waals surface area contributed by atoms with Crippen LogP contribution in [0.4, 0.5) is 5.82 Å². The minimum Gasteiger partial charge on any atom is -0.493 e. The van der Waals surface area contributed by atoms with Gasteiger partial charge < -0.3 is 19.3 Å². The van der Waals surface area contributed by atoms with Crippen LogP contribution in [0.25, 0.3) is 0 Å². The van der Waals surface area contributed by atoms with E-state index >= 15 is 0 Å². The van der Waals surface area contributed by atoms with Crippen LogP contribution >= 0.6 is 0 Å². The van der Waals surface area contributed by atoms with E-state index < -0.39 is 15.7 Å². The van der Waals surface area contributed by atoms with Crippen molar-refractivity contribution in [2.24, 2.45) is 0 Å². The first-order valence-electron chi connectivity index (χ1n) is 10.4. The number of H-pyrrole nitrogens is 1. The maximum absolute atomic E-state index is 13.1. The first-order valence-corrected chi connectivity index (χ1v) is 11.9. The van der Waals surface area contributed by atoms with Crippen LogP contribution in [-0.2, 0) is 15.4 Å². The van der Waals surface area contributed by atoms with Gasteiger partial charge in [0.15, 0.2) is 17.3 Å². The third kappa shape index (κ3) is 5.86. The molecule has 10 nitrogen and oxygen atoms in total. The van der Waals surface area contributed by atoms with Gasteiger partial charge in [0.05, 0.1) is 18.6 Å². The maximum atomic E-state index is 13.1. The second-order valence-electron chi connectivity index (χ2n) is 8.26. The molecule has 3 N–H and O–H groups in total. The number of para-hydroxylation sites is 2. The Morgan fingerprint density at radius 2 is 1.71 bits per heavy atom. The van der Waals surface area contributed by atoms with E-state index in [4.69, 9.17) is 19.3 Å². The second-order valence-corrected chi connectivity index (χ2v) is 9.94. The molecule has 0 amide bonds. The van der Waals surface area contributed by atoms with Crippen molar-refractivity contribution in [3.63, 3.8) is 0 Å². The Balaban J connectivity index is 2.05. The molecule has 0 atom stereocenters. The highest BCUT2D eigenvalue weighted by Gasteiger charge is 2.24. The van der Waals surface area contributed by atoms with Crippen molar-refractivity contribution in [1.82, 2.24) is 9.97 Å². The molecule has 0 spiro atoms. The number of sulfonamides is 1. The van der Waals surface area contributed by atoms with E-state index in [1.165, 1.54) is 19.2 Å². The van der Waals surface area contributed by atoms with E-state index in [-0.39, 0.29) is 46.7 Å². The monoisotopic (exact) mass is 489 g/mol. The zero-order valence-corrected chi connectivity index (χ0v) is 20.1. The van der Waals surface area contributed by atoms with Gasteiger partial charge in [-0.05, 0) is 35.2 Å². The van der Waals surface area contributed by atoms with E-state index in [1.807, 2.05) is 20.8 Å². The van der Waals surface area contributed by atoms with Gasteiger partial charge in [0.2, 0.25) is 5.75 Å². The Morgan fingerprint density at radius 1 is 1.06 bits per heavy atom. The third-order valence-electron chi connectivity index (χ3n) is 4.73. The molecule has 0 aliphatic rings. The molecule has 0 radical (unpaired) electrons. The highest BCUT2D eigenvalue weighted by molar-refractivity contribution is 7.92. The average Bonchev–Trinajstić information content (AvgIpc) is 2.79. The summed E-state index contributed by atoms with van der Waals surface area (Å²) in [5, 5.41) is 9.13. The number of methoxy groups -OCH3 is 1. The van der Waals surface area contributed by atoms with Gasteiger partial charge in [-0.2, -0.15) is 4.98 Å². The van der Waals surface area contributed by atoms with Crippen molar-refractivity contribution in [1.29, 1.82) is 0 Å². The molecule has 0 fully saturated rings. The minimum absolute atomic E-state index is 0.0146. The van der Waals surface area contributed by atoms with Crippen LogP contribution in [0.15, 0.2) is 58.2 Å². The molecule has 0 saturated carbocycles. The summed E-state index contributed by atoms with van der Waals surface area (Å²) >= 11 is 0. The summed E-state index contributed by atoms with van der Waals surface area (Å²) in [6, 6.07) is 13.1. The molecular weight excluding hydrogens is 462 g/mol. The van der Waals surface area contributed by atoms with Gasteiger partial charge in [0.25, 0.3) is 15.9 Å². The molecule has 11 heteroatoms. The van der Waals surface area contributed by atoms with E-state index in [0.29, 0.717) is 5.75 Å². The van der Waals surface area contributed by atoms with Crippen molar-refractivity contribution in [3.05, 3.63) is 64.6 Å². The van der Waals surface area contributed by atoms with Gasteiger partial charge in [-0.15, -0.1) is 0 Å². The summed E-state index contributed by atoms with van der Waals surface area (Å²) in [4.78, 5) is 18.2. The van der Waals surface area contributed by atoms with Gasteiger partial charge in [-0.1, -0.05) is 45.0 Å². The van der Waals surface area contributed by atoms with Crippen molar-refractivity contribution in [2.75, 3.05) is 25.0 Å². The predicted molar refractivity (Wildman–Crippen MR) is 126 cm³/mol. The first kappa shape index (κ1) is 25.1. The Bertz CT molecular complexity index is 1300. The SMILES string of the molecule is COc1ccccc1Oc1c(OCCO)nc(=O)[nH]c1NS(=O)(=O)c1ccc(C(C)(C)C)cc1. The first-order chi connectivity index (χ1) is 16.0. The molecule has 3 aromatic rings. The van der Waals surface area contributed by atoms with Gasteiger partial charge in [0, 0.05) is 0 Å². The Morgan fingerprint density at radius 3 is 2.29 bits per heavy atom. The summed E-state index contributed by atoms with van der Waals surface area (Å²) in [6.45, 7) is 5.51. The van der Waals surface area contributed by atoms with Gasteiger partial charge in [-0.3, -0.25) is 9.71 Å². The minimum atomic E-state index is -4.12. The molecule has 0 bridgehead atoms. The van der Waals surface area contributed by atoms with Crippen molar-refractivity contribution in [3.8, 4) is 23.1 Å². The summed E-state index contributed by atoms with van der Waals surface area (Å²) in [5.41, 5.74) is -0.0643.